The summed E-state index contributed by atoms with van der Waals surface area (Å²) in [6.07, 6.45) is 5.00. The van der Waals surface area contributed by atoms with Gasteiger partial charge in [0.2, 0.25) is 11.8 Å². The van der Waals surface area contributed by atoms with Gasteiger partial charge in [-0.2, -0.15) is 0 Å². The van der Waals surface area contributed by atoms with Gasteiger partial charge in [-0.3, -0.25) is 4.79 Å². The molecule has 2 aliphatic heterocycles. The molecule has 2 saturated carbocycles. The molecule has 1 amide bonds. The molecule has 158 valence electrons. The number of hydrogen-bond acceptors (Lipinski definition) is 6. The Kier molecular flexibility index (Phi) is 4.08. The number of anilines is 2. The van der Waals surface area contributed by atoms with Gasteiger partial charge >= 0.3 is 6.01 Å². The molecule has 30 heavy (non-hydrogen) atoms. The molecule has 1 N–H and O–H groups in total. The molecule has 1 aromatic heterocycles. The molecule has 7 nitrogen and oxygen atoms in total. The maximum Gasteiger partial charge on any atom is 0.316 e. The standard InChI is InChI=1S/C23H29N5O2/c1-15(21(29)27-11-9-23(7-8-23)10-12-27)24-22-26-25-20(30-22)19-17-13-28(14-18(17)19)16-5-3-2-4-6-16/h2-6,15,17-19H,7-14H2,1H3,(H,24,26)/t15-,17-,18+,19-/m1/s1. The number of amides is 1. The highest BCUT2D eigenvalue weighted by Crippen LogP contribution is 2.58. The third-order valence-corrected chi connectivity index (χ3v) is 7.84. The van der Waals surface area contributed by atoms with Gasteiger partial charge in [0.05, 0.1) is 0 Å². The molecule has 7 heteroatoms. The average Bonchev–Trinajstić information content (AvgIpc) is 3.55. The highest BCUT2D eigenvalue weighted by atomic mass is 16.4. The van der Waals surface area contributed by atoms with Gasteiger partial charge in [0.15, 0.2) is 0 Å². The van der Waals surface area contributed by atoms with Crippen LogP contribution in [0.25, 0.3) is 0 Å². The van der Waals surface area contributed by atoms with Crippen LogP contribution >= 0.6 is 0 Å². The van der Waals surface area contributed by atoms with Gasteiger partial charge in [0.25, 0.3) is 0 Å². The fourth-order valence-electron chi connectivity index (χ4n) is 5.57. The number of fused-ring (bicyclic) bond motifs is 1. The Balaban J connectivity index is 1.03. The Morgan fingerprint density at radius 2 is 1.80 bits per heavy atom. The van der Waals surface area contributed by atoms with Crippen molar-refractivity contribution in [1.82, 2.24) is 15.1 Å². The lowest BCUT2D eigenvalue weighted by molar-refractivity contribution is -0.133. The molecular weight excluding hydrogens is 378 g/mol. The van der Waals surface area contributed by atoms with E-state index >= 15 is 0 Å². The lowest BCUT2D eigenvalue weighted by atomic mass is 9.93. The Morgan fingerprint density at radius 3 is 2.47 bits per heavy atom. The van der Waals surface area contributed by atoms with E-state index in [2.05, 4.69) is 50.7 Å². The maximum atomic E-state index is 12.8. The molecular formula is C23H29N5O2. The minimum absolute atomic E-state index is 0.132. The Hall–Kier alpha value is -2.57. The first-order valence-corrected chi connectivity index (χ1v) is 11.3. The second-order valence-corrected chi connectivity index (χ2v) is 9.73. The number of benzene rings is 1. The normalized spacial score (nSPS) is 29.6. The van der Waals surface area contributed by atoms with Gasteiger partial charge in [-0.1, -0.05) is 23.3 Å². The first kappa shape index (κ1) is 18.2. The number of hydrogen-bond donors (Lipinski definition) is 1. The van der Waals surface area contributed by atoms with Crippen molar-refractivity contribution in [1.29, 1.82) is 0 Å². The number of nitrogens with one attached hydrogen (secondary N) is 1. The highest BCUT2D eigenvalue weighted by Gasteiger charge is 2.59. The van der Waals surface area contributed by atoms with Crippen LogP contribution in [0.1, 0.15) is 44.4 Å². The summed E-state index contributed by atoms with van der Waals surface area (Å²) in [6, 6.07) is 10.6. The Labute approximate surface area is 176 Å². The third-order valence-electron chi connectivity index (χ3n) is 7.84. The SMILES string of the molecule is C[C@@H](Nc1nnc([C@@H]2[C@@H]3CN(c4ccccc4)C[C@@H]32)o1)C(=O)N1CCC2(CC1)CC2. The van der Waals surface area contributed by atoms with Crippen molar-refractivity contribution in [2.24, 2.45) is 17.3 Å². The van der Waals surface area contributed by atoms with Crippen molar-refractivity contribution in [3.63, 3.8) is 0 Å². The van der Waals surface area contributed by atoms with Crippen LogP contribution in [0.5, 0.6) is 0 Å². The van der Waals surface area contributed by atoms with Crippen LogP contribution in [0, 0.1) is 17.3 Å². The lowest BCUT2D eigenvalue weighted by Crippen LogP contribution is -2.45. The minimum atomic E-state index is -0.348. The van der Waals surface area contributed by atoms with Gasteiger partial charge in [-0.05, 0) is 62.0 Å². The monoisotopic (exact) mass is 407 g/mol. The van der Waals surface area contributed by atoms with E-state index in [0.29, 0.717) is 35.1 Å². The van der Waals surface area contributed by atoms with Crippen LogP contribution in [0.4, 0.5) is 11.7 Å². The predicted molar refractivity (Wildman–Crippen MR) is 113 cm³/mol. The van der Waals surface area contributed by atoms with E-state index in [0.717, 1.165) is 39.0 Å². The number of aromatic nitrogens is 2. The summed E-state index contributed by atoms with van der Waals surface area (Å²) >= 11 is 0. The smallest absolute Gasteiger partial charge is 0.316 e. The van der Waals surface area contributed by atoms with Crippen molar-refractivity contribution < 1.29 is 9.21 Å². The summed E-state index contributed by atoms with van der Waals surface area (Å²) in [6.45, 7) is 5.72. The van der Waals surface area contributed by atoms with Crippen LogP contribution in [0.2, 0.25) is 0 Å². The van der Waals surface area contributed by atoms with E-state index in [-0.39, 0.29) is 11.9 Å². The molecule has 4 aliphatic rings. The topological polar surface area (TPSA) is 74.5 Å². The van der Waals surface area contributed by atoms with Crippen molar-refractivity contribution in [3.05, 3.63) is 36.2 Å². The van der Waals surface area contributed by atoms with E-state index in [1.807, 2.05) is 11.8 Å². The molecule has 0 radical (unpaired) electrons. The zero-order valence-electron chi connectivity index (χ0n) is 17.5. The summed E-state index contributed by atoms with van der Waals surface area (Å²) < 4.78 is 5.91. The average molecular weight is 408 g/mol. The van der Waals surface area contributed by atoms with Gasteiger partial charge in [-0.15, -0.1) is 5.10 Å². The van der Waals surface area contributed by atoms with Crippen LogP contribution < -0.4 is 10.2 Å². The van der Waals surface area contributed by atoms with Crippen molar-refractivity contribution in [2.45, 2.75) is 44.6 Å². The third kappa shape index (κ3) is 3.15. The Morgan fingerprint density at radius 1 is 1.10 bits per heavy atom. The molecule has 4 atom stereocenters. The lowest BCUT2D eigenvalue weighted by Gasteiger charge is -2.33. The van der Waals surface area contributed by atoms with Crippen LogP contribution in [-0.4, -0.2) is 53.2 Å². The molecule has 4 fully saturated rings. The van der Waals surface area contributed by atoms with Crippen molar-refractivity contribution in [3.8, 4) is 0 Å². The number of para-hydroxylation sites is 1. The summed E-state index contributed by atoms with van der Waals surface area (Å²) in [4.78, 5) is 17.2. The largest absolute Gasteiger partial charge is 0.408 e. The van der Waals surface area contributed by atoms with Crippen LogP contribution in [-0.2, 0) is 4.79 Å². The second-order valence-electron chi connectivity index (χ2n) is 9.73. The first-order chi connectivity index (χ1) is 14.6. The molecule has 2 aliphatic carbocycles. The number of rotatable bonds is 5. The fourth-order valence-corrected chi connectivity index (χ4v) is 5.57. The van der Waals surface area contributed by atoms with Crippen LogP contribution in [0.15, 0.2) is 34.7 Å². The molecule has 0 bridgehead atoms. The van der Waals surface area contributed by atoms with E-state index in [1.165, 1.54) is 18.5 Å². The molecule has 6 rings (SSSR count). The van der Waals surface area contributed by atoms with Crippen molar-refractivity contribution in [2.75, 3.05) is 36.4 Å². The first-order valence-electron chi connectivity index (χ1n) is 11.3. The molecule has 1 spiro atoms. The van der Waals surface area contributed by atoms with Gasteiger partial charge in [0.1, 0.15) is 6.04 Å². The van der Waals surface area contributed by atoms with Crippen LogP contribution in [0.3, 0.4) is 0 Å². The number of piperidine rings is 2. The minimum Gasteiger partial charge on any atom is -0.408 e. The molecule has 0 unspecified atom stereocenters. The second kappa shape index (κ2) is 6.72. The van der Waals surface area contributed by atoms with E-state index in [4.69, 9.17) is 4.42 Å². The zero-order valence-corrected chi connectivity index (χ0v) is 17.5. The molecule has 3 heterocycles. The number of carbonyl (C=O) groups is 1. The highest BCUT2D eigenvalue weighted by molar-refractivity contribution is 5.83. The fraction of sp³-hybridized carbons (Fsp3) is 0.609. The molecule has 2 aromatic rings. The Bertz CT molecular complexity index is 918. The van der Waals surface area contributed by atoms with Gasteiger partial charge < -0.3 is 19.5 Å². The number of carbonyl (C=O) groups excluding carboxylic acids is 1. The number of likely N-dealkylation sites (tertiary alicyclic amines) is 1. The maximum absolute atomic E-state index is 12.8. The summed E-state index contributed by atoms with van der Waals surface area (Å²) in [5.41, 5.74) is 1.86. The predicted octanol–water partition coefficient (Wildman–Crippen LogP) is 3.12. The van der Waals surface area contributed by atoms with Gasteiger partial charge in [-0.25, -0.2) is 0 Å². The quantitative estimate of drug-likeness (QED) is 0.821. The zero-order chi connectivity index (χ0) is 20.3. The summed E-state index contributed by atoms with van der Waals surface area (Å²) in [5.74, 6) is 2.37. The van der Waals surface area contributed by atoms with E-state index < -0.39 is 0 Å². The summed E-state index contributed by atoms with van der Waals surface area (Å²) in [7, 11) is 0. The van der Waals surface area contributed by atoms with Crippen molar-refractivity contribution >= 4 is 17.6 Å². The van der Waals surface area contributed by atoms with Gasteiger partial charge in [0, 0.05) is 37.8 Å². The molecule has 1 aromatic carbocycles. The summed E-state index contributed by atoms with van der Waals surface area (Å²) in [5, 5.41) is 11.6. The van der Waals surface area contributed by atoms with E-state index in [1.54, 1.807) is 0 Å². The number of nitrogens with zero attached hydrogens (tertiary/aromatic N) is 4. The van der Waals surface area contributed by atoms with E-state index in [9.17, 15) is 4.79 Å². The molecule has 2 saturated heterocycles.